The SMILES string of the molecule is CCC1(F)CCOc2ccc(-c3nccn3-c3c(C)cccc3-c3ccccc3)c1c2. The average Bonchev–Trinajstić information content (AvgIpc) is 3.23. The number of rotatable bonds is 4. The number of aromatic nitrogens is 2. The van der Waals surface area contributed by atoms with Crippen LogP contribution in [0.5, 0.6) is 5.75 Å². The minimum atomic E-state index is -1.44. The number of aryl methyl sites for hydroxylation is 1. The summed E-state index contributed by atoms with van der Waals surface area (Å²) in [7, 11) is 0. The molecule has 1 aliphatic heterocycles. The molecule has 0 fully saturated rings. The van der Waals surface area contributed by atoms with Gasteiger partial charge in [-0.1, -0.05) is 55.5 Å². The third-order valence-electron chi connectivity index (χ3n) is 6.25. The Labute approximate surface area is 182 Å². The Kier molecular flexibility index (Phi) is 4.85. The van der Waals surface area contributed by atoms with E-state index in [2.05, 4.69) is 46.8 Å². The molecule has 2 bridgehead atoms. The van der Waals surface area contributed by atoms with E-state index < -0.39 is 5.67 Å². The molecule has 2 heterocycles. The van der Waals surface area contributed by atoms with E-state index in [0.29, 0.717) is 30.8 Å². The summed E-state index contributed by atoms with van der Waals surface area (Å²) in [5.41, 5.74) is 4.48. The maximum absolute atomic E-state index is 16.0. The van der Waals surface area contributed by atoms with Gasteiger partial charge in [-0.05, 0) is 42.7 Å². The highest BCUT2D eigenvalue weighted by Gasteiger charge is 2.36. The van der Waals surface area contributed by atoms with Crippen molar-refractivity contribution in [2.75, 3.05) is 6.61 Å². The maximum Gasteiger partial charge on any atom is 0.144 e. The van der Waals surface area contributed by atoms with Crippen LogP contribution in [0.3, 0.4) is 0 Å². The van der Waals surface area contributed by atoms with Crippen LogP contribution in [0.15, 0.2) is 79.1 Å². The molecule has 0 N–H and O–H groups in total. The minimum Gasteiger partial charge on any atom is -0.493 e. The van der Waals surface area contributed by atoms with Gasteiger partial charge in [0, 0.05) is 35.5 Å². The standard InChI is InChI=1S/C27H25FN2O/c1-3-27(28)14-17-31-21-12-13-23(24(27)18-21)26-29-15-16-30(26)25-19(2)8-7-11-22(25)20-9-5-4-6-10-20/h4-13,15-16,18H,3,14,17H2,1-2H3. The lowest BCUT2D eigenvalue weighted by Gasteiger charge is -2.25. The van der Waals surface area contributed by atoms with Gasteiger partial charge in [0.1, 0.15) is 17.2 Å². The predicted octanol–water partition coefficient (Wildman–Crippen LogP) is 6.87. The van der Waals surface area contributed by atoms with Crippen molar-refractivity contribution in [2.24, 2.45) is 0 Å². The first kappa shape index (κ1) is 19.6. The monoisotopic (exact) mass is 412 g/mol. The molecule has 31 heavy (non-hydrogen) atoms. The van der Waals surface area contributed by atoms with E-state index in [9.17, 15) is 0 Å². The minimum absolute atomic E-state index is 0.338. The number of fused-ring (bicyclic) bond motifs is 2. The van der Waals surface area contributed by atoms with Gasteiger partial charge in [-0.25, -0.2) is 9.37 Å². The van der Waals surface area contributed by atoms with Gasteiger partial charge in [-0.3, -0.25) is 4.57 Å². The number of halogens is 1. The highest BCUT2D eigenvalue weighted by atomic mass is 19.1. The molecule has 5 rings (SSSR count). The number of imidazole rings is 1. The predicted molar refractivity (Wildman–Crippen MR) is 122 cm³/mol. The molecule has 156 valence electrons. The van der Waals surface area contributed by atoms with E-state index in [1.807, 2.05) is 49.5 Å². The molecule has 1 aliphatic rings. The Morgan fingerprint density at radius 3 is 2.68 bits per heavy atom. The molecule has 3 nitrogen and oxygen atoms in total. The lowest BCUT2D eigenvalue weighted by Crippen LogP contribution is -2.21. The summed E-state index contributed by atoms with van der Waals surface area (Å²) < 4.78 is 23.8. The summed E-state index contributed by atoms with van der Waals surface area (Å²) in [5.74, 6) is 1.45. The molecule has 4 heteroatoms. The average molecular weight is 413 g/mol. The van der Waals surface area contributed by atoms with Crippen LogP contribution in [0.2, 0.25) is 0 Å². The number of hydrogen-bond donors (Lipinski definition) is 0. The molecular weight excluding hydrogens is 387 g/mol. The van der Waals surface area contributed by atoms with Gasteiger partial charge in [0.05, 0.1) is 12.3 Å². The van der Waals surface area contributed by atoms with E-state index in [1.54, 1.807) is 6.20 Å². The van der Waals surface area contributed by atoms with Crippen LogP contribution in [0.4, 0.5) is 4.39 Å². The molecule has 1 aromatic heterocycles. The second kappa shape index (κ2) is 7.69. The van der Waals surface area contributed by atoms with Gasteiger partial charge in [-0.2, -0.15) is 0 Å². The topological polar surface area (TPSA) is 27.1 Å². The van der Waals surface area contributed by atoms with Gasteiger partial charge in [0.15, 0.2) is 0 Å². The van der Waals surface area contributed by atoms with Crippen molar-refractivity contribution in [1.82, 2.24) is 9.55 Å². The highest BCUT2D eigenvalue weighted by molar-refractivity contribution is 5.77. The molecule has 3 aromatic carbocycles. The van der Waals surface area contributed by atoms with Gasteiger partial charge < -0.3 is 4.74 Å². The van der Waals surface area contributed by atoms with Crippen LogP contribution in [0.25, 0.3) is 28.2 Å². The second-order valence-electron chi connectivity index (χ2n) is 8.08. The normalized spacial score (nSPS) is 17.8. The third-order valence-corrected chi connectivity index (χ3v) is 6.25. The Hall–Kier alpha value is -3.40. The summed E-state index contributed by atoms with van der Waals surface area (Å²) >= 11 is 0. The molecular formula is C27H25FN2O. The molecule has 0 spiro atoms. The van der Waals surface area contributed by atoms with Gasteiger partial charge in [-0.15, -0.1) is 0 Å². The van der Waals surface area contributed by atoms with Gasteiger partial charge in [0.2, 0.25) is 0 Å². The van der Waals surface area contributed by atoms with Crippen molar-refractivity contribution >= 4 is 0 Å². The number of para-hydroxylation sites is 1. The smallest absolute Gasteiger partial charge is 0.144 e. The summed E-state index contributed by atoms with van der Waals surface area (Å²) in [6.07, 6.45) is 4.48. The lowest BCUT2D eigenvalue weighted by molar-refractivity contribution is 0.123. The Bertz CT molecular complexity index is 1230. The van der Waals surface area contributed by atoms with E-state index in [0.717, 1.165) is 33.8 Å². The molecule has 0 radical (unpaired) electrons. The molecule has 0 saturated heterocycles. The Morgan fingerprint density at radius 1 is 1.03 bits per heavy atom. The Balaban J connectivity index is 1.73. The fraction of sp³-hybridized carbons (Fsp3) is 0.222. The van der Waals surface area contributed by atoms with Crippen molar-refractivity contribution in [3.05, 3.63) is 90.3 Å². The van der Waals surface area contributed by atoms with Crippen molar-refractivity contribution in [3.63, 3.8) is 0 Å². The highest BCUT2D eigenvalue weighted by Crippen LogP contribution is 2.44. The first-order valence-electron chi connectivity index (χ1n) is 10.8. The zero-order chi connectivity index (χ0) is 21.4. The molecule has 0 amide bonds. The first-order chi connectivity index (χ1) is 15.1. The zero-order valence-corrected chi connectivity index (χ0v) is 17.8. The van der Waals surface area contributed by atoms with Crippen molar-refractivity contribution in [2.45, 2.75) is 32.4 Å². The quantitative estimate of drug-likeness (QED) is 0.366. The molecule has 1 atom stereocenters. The number of ether oxygens (including phenoxy) is 1. The van der Waals surface area contributed by atoms with Crippen LogP contribution in [0.1, 0.15) is 30.9 Å². The molecule has 1 unspecified atom stereocenters. The zero-order valence-electron chi connectivity index (χ0n) is 17.8. The largest absolute Gasteiger partial charge is 0.493 e. The third kappa shape index (κ3) is 3.32. The number of hydrogen-bond acceptors (Lipinski definition) is 2. The fourth-order valence-corrected chi connectivity index (χ4v) is 4.52. The lowest BCUT2D eigenvalue weighted by atomic mass is 9.86. The summed E-state index contributed by atoms with van der Waals surface area (Å²) in [6.45, 7) is 4.37. The summed E-state index contributed by atoms with van der Waals surface area (Å²) in [5, 5.41) is 0. The van der Waals surface area contributed by atoms with E-state index in [4.69, 9.17) is 4.74 Å². The van der Waals surface area contributed by atoms with Crippen LogP contribution in [-0.2, 0) is 5.67 Å². The van der Waals surface area contributed by atoms with Gasteiger partial charge >= 0.3 is 0 Å². The second-order valence-corrected chi connectivity index (χ2v) is 8.08. The van der Waals surface area contributed by atoms with E-state index >= 15 is 4.39 Å². The number of alkyl halides is 1. The van der Waals surface area contributed by atoms with Gasteiger partial charge in [0.25, 0.3) is 0 Å². The Morgan fingerprint density at radius 2 is 1.87 bits per heavy atom. The molecule has 4 aromatic rings. The van der Waals surface area contributed by atoms with Crippen LogP contribution in [-0.4, -0.2) is 16.2 Å². The number of benzene rings is 3. The summed E-state index contributed by atoms with van der Waals surface area (Å²) in [6, 6.07) is 22.3. The van der Waals surface area contributed by atoms with Crippen LogP contribution >= 0.6 is 0 Å². The molecule has 0 saturated carbocycles. The van der Waals surface area contributed by atoms with E-state index in [-0.39, 0.29) is 0 Å². The fourth-order valence-electron chi connectivity index (χ4n) is 4.52. The molecule has 0 aliphatic carbocycles. The maximum atomic E-state index is 16.0. The first-order valence-corrected chi connectivity index (χ1v) is 10.8. The van der Waals surface area contributed by atoms with Crippen molar-refractivity contribution in [1.29, 1.82) is 0 Å². The van der Waals surface area contributed by atoms with Crippen LogP contribution < -0.4 is 4.74 Å². The van der Waals surface area contributed by atoms with Crippen LogP contribution in [0, 0.1) is 6.92 Å². The number of nitrogens with zero attached hydrogens (tertiary/aromatic N) is 2. The van der Waals surface area contributed by atoms with Crippen molar-refractivity contribution < 1.29 is 9.13 Å². The summed E-state index contributed by atoms with van der Waals surface area (Å²) in [4.78, 5) is 4.69. The van der Waals surface area contributed by atoms with Crippen molar-refractivity contribution in [3.8, 4) is 34.0 Å². The van der Waals surface area contributed by atoms with E-state index in [1.165, 1.54) is 0 Å².